The number of carbonyl (C=O) groups excluding carboxylic acids is 1. The van der Waals surface area contributed by atoms with Gasteiger partial charge in [0.25, 0.3) is 0 Å². The summed E-state index contributed by atoms with van der Waals surface area (Å²) in [4.78, 5) is 10.8. The molecule has 0 fully saturated rings. The molecule has 0 aromatic rings. The van der Waals surface area contributed by atoms with Crippen molar-refractivity contribution in [3.8, 4) is 0 Å². The molecule has 0 saturated carbocycles. The summed E-state index contributed by atoms with van der Waals surface area (Å²) in [6.07, 6.45) is 8.56. The number of unbranched alkanes of at least 4 members (excludes halogenated alkanes) is 4. The van der Waals surface area contributed by atoms with E-state index >= 15 is 0 Å². The smallest absolute Gasteiger partial charge is 0.330 e. The summed E-state index contributed by atoms with van der Waals surface area (Å²) in [5.41, 5.74) is 0. The minimum atomic E-state index is -0.236. The molecule has 0 aliphatic heterocycles. The minimum absolute atomic E-state index is 0.236. The minimum Gasteiger partial charge on any atom is -0.463 e. The van der Waals surface area contributed by atoms with E-state index in [0.29, 0.717) is 6.61 Å². The van der Waals surface area contributed by atoms with Gasteiger partial charge in [0, 0.05) is 6.08 Å². The molecule has 0 rings (SSSR count). The van der Waals surface area contributed by atoms with E-state index in [1.807, 2.05) is 0 Å². The average Bonchev–Trinajstić information content (AvgIpc) is 2.11. The van der Waals surface area contributed by atoms with Crippen molar-refractivity contribution < 1.29 is 9.53 Å². The Bertz CT molecular complexity index is 150. The predicted octanol–water partition coefficient (Wildman–Crippen LogP) is 2.89. The molecule has 0 aliphatic carbocycles. The van der Waals surface area contributed by atoms with Gasteiger partial charge in [-0.15, -0.1) is 0 Å². The third-order valence-corrected chi connectivity index (χ3v) is 1.69. The molecule has 0 heterocycles. The van der Waals surface area contributed by atoms with Crippen LogP contribution in [0.1, 0.15) is 39.0 Å². The van der Waals surface area contributed by atoms with Crippen LogP contribution in [0.4, 0.5) is 0 Å². The molecule has 0 aromatic carbocycles. The summed E-state index contributed by atoms with van der Waals surface area (Å²) in [6.45, 7) is 6.10. The van der Waals surface area contributed by atoms with Gasteiger partial charge in [0.1, 0.15) is 0 Å². The van der Waals surface area contributed by atoms with E-state index in [4.69, 9.17) is 4.74 Å². The lowest BCUT2D eigenvalue weighted by atomic mass is 10.2. The maximum absolute atomic E-state index is 10.8. The van der Waals surface area contributed by atoms with Crippen LogP contribution in [0.15, 0.2) is 12.2 Å². The quantitative estimate of drug-likeness (QED) is 0.344. The Morgan fingerprint density at radius 3 is 2.62 bits per heavy atom. The van der Waals surface area contributed by atoms with Gasteiger partial charge >= 0.3 is 5.97 Å². The molecule has 75 valence electrons. The van der Waals surface area contributed by atoms with Crippen molar-refractivity contribution >= 4 is 5.97 Å². The van der Waals surface area contributed by atoms with Gasteiger partial charge in [-0.3, -0.25) is 0 Å². The maximum atomic E-state index is 10.8. The molecule has 0 atom stereocenters. The molecule has 13 heavy (non-hydrogen) atoms. The summed E-state index contributed by atoms with van der Waals surface area (Å²) in [7, 11) is 0. The number of ether oxygens (including phenoxy) is 1. The molecular formula is C11H19O2. The van der Waals surface area contributed by atoms with Crippen molar-refractivity contribution in [2.45, 2.75) is 39.0 Å². The van der Waals surface area contributed by atoms with E-state index in [1.165, 1.54) is 18.9 Å². The van der Waals surface area contributed by atoms with E-state index in [0.717, 1.165) is 19.3 Å². The van der Waals surface area contributed by atoms with Crippen LogP contribution in [-0.4, -0.2) is 12.6 Å². The van der Waals surface area contributed by atoms with E-state index < -0.39 is 0 Å². The number of hydrogen-bond acceptors (Lipinski definition) is 2. The molecule has 0 aliphatic rings. The topological polar surface area (TPSA) is 26.3 Å². The Labute approximate surface area is 81.0 Å². The second-order valence-electron chi connectivity index (χ2n) is 2.94. The molecule has 0 bridgehead atoms. The van der Waals surface area contributed by atoms with Gasteiger partial charge in [-0.1, -0.05) is 38.7 Å². The predicted molar refractivity (Wildman–Crippen MR) is 54.2 cm³/mol. The molecule has 2 heteroatoms. The van der Waals surface area contributed by atoms with E-state index in [9.17, 15) is 4.79 Å². The van der Waals surface area contributed by atoms with E-state index in [-0.39, 0.29) is 5.97 Å². The third kappa shape index (κ3) is 9.12. The molecular weight excluding hydrogens is 164 g/mol. The van der Waals surface area contributed by atoms with Crippen LogP contribution >= 0.6 is 0 Å². The van der Waals surface area contributed by atoms with Crippen LogP contribution in [0.3, 0.4) is 0 Å². The van der Waals surface area contributed by atoms with Gasteiger partial charge in [-0.25, -0.2) is 4.79 Å². The fraction of sp³-hybridized carbons (Fsp3) is 0.636. The van der Waals surface area contributed by atoms with Crippen LogP contribution < -0.4 is 0 Å². The van der Waals surface area contributed by atoms with Crippen molar-refractivity contribution in [2.75, 3.05) is 6.61 Å². The van der Waals surface area contributed by atoms with E-state index in [2.05, 4.69) is 6.92 Å². The Balaban J connectivity index is 3.11. The fourth-order valence-electron chi connectivity index (χ4n) is 0.989. The normalized spacial score (nSPS) is 10.6. The van der Waals surface area contributed by atoms with Gasteiger partial charge in [0.05, 0.1) is 6.61 Å². The average molecular weight is 183 g/mol. The molecule has 0 saturated heterocycles. The fourth-order valence-corrected chi connectivity index (χ4v) is 0.989. The van der Waals surface area contributed by atoms with Crippen molar-refractivity contribution in [2.24, 2.45) is 0 Å². The lowest BCUT2D eigenvalue weighted by Crippen LogP contribution is -2.01. The Morgan fingerprint density at radius 2 is 2.00 bits per heavy atom. The van der Waals surface area contributed by atoms with Crippen molar-refractivity contribution in [1.29, 1.82) is 0 Å². The lowest BCUT2D eigenvalue weighted by Gasteiger charge is -2.01. The standard InChI is InChI=1S/C11H19O2/c1-3-5-6-7-8-10-13-11(12)9-4-2/h4,9H,1,3,5-8,10H2,2H3/b9-4+. The summed E-state index contributed by atoms with van der Waals surface area (Å²) in [5.74, 6) is -0.236. The van der Waals surface area contributed by atoms with Gasteiger partial charge in [-0.2, -0.15) is 0 Å². The highest BCUT2D eigenvalue weighted by atomic mass is 16.5. The van der Waals surface area contributed by atoms with Crippen LogP contribution in [0.5, 0.6) is 0 Å². The number of esters is 1. The third-order valence-electron chi connectivity index (χ3n) is 1.69. The first kappa shape index (κ1) is 12.2. The van der Waals surface area contributed by atoms with E-state index in [1.54, 1.807) is 13.0 Å². The van der Waals surface area contributed by atoms with Crippen molar-refractivity contribution in [1.82, 2.24) is 0 Å². The number of allylic oxidation sites excluding steroid dienone is 1. The zero-order chi connectivity index (χ0) is 9.94. The Morgan fingerprint density at radius 1 is 1.31 bits per heavy atom. The second kappa shape index (κ2) is 9.30. The van der Waals surface area contributed by atoms with Gasteiger partial charge in [-0.05, 0) is 13.3 Å². The van der Waals surface area contributed by atoms with Crippen LogP contribution in [0.2, 0.25) is 0 Å². The SMILES string of the molecule is [CH2]CCCCCCOC(=O)/C=C/C. The van der Waals surface area contributed by atoms with Crippen molar-refractivity contribution in [3.05, 3.63) is 19.1 Å². The number of carbonyl (C=O) groups is 1. The van der Waals surface area contributed by atoms with Gasteiger partial charge < -0.3 is 4.74 Å². The first-order valence-corrected chi connectivity index (χ1v) is 4.90. The lowest BCUT2D eigenvalue weighted by molar-refractivity contribution is -0.137. The molecule has 0 unspecified atom stereocenters. The number of rotatable bonds is 7. The van der Waals surface area contributed by atoms with Gasteiger partial charge in [0.2, 0.25) is 0 Å². The van der Waals surface area contributed by atoms with Crippen LogP contribution in [0.25, 0.3) is 0 Å². The summed E-state index contributed by atoms with van der Waals surface area (Å²) in [5, 5.41) is 0. The highest BCUT2D eigenvalue weighted by molar-refractivity contribution is 5.81. The maximum Gasteiger partial charge on any atom is 0.330 e. The largest absolute Gasteiger partial charge is 0.463 e. The molecule has 1 radical (unpaired) electrons. The van der Waals surface area contributed by atoms with Crippen molar-refractivity contribution in [3.63, 3.8) is 0 Å². The summed E-state index contributed by atoms with van der Waals surface area (Å²) in [6, 6.07) is 0. The highest BCUT2D eigenvalue weighted by Crippen LogP contribution is 2.02. The monoisotopic (exact) mass is 183 g/mol. The van der Waals surface area contributed by atoms with Crippen LogP contribution in [-0.2, 0) is 9.53 Å². The molecule has 0 N–H and O–H groups in total. The van der Waals surface area contributed by atoms with Gasteiger partial charge in [0.15, 0.2) is 0 Å². The Kier molecular flexibility index (Phi) is 8.73. The number of hydrogen-bond donors (Lipinski definition) is 0. The highest BCUT2D eigenvalue weighted by Gasteiger charge is 1.94. The molecule has 0 aromatic heterocycles. The zero-order valence-electron chi connectivity index (χ0n) is 8.42. The summed E-state index contributed by atoms with van der Waals surface area (Å²) >= 11 is 0. The Hall–Kier alpha value is -0.790. The summed E-state index contributed by atoms with van der Waals surface area (Å²) < 4.78 is 4.92. The molecule has 0 spiro atoms. The van der Waals surface area contributed by atoms with Crippen LogP contribution in [0, 0.1) is 6.92 Å². The second-order valence-corrected chi connectivity index (χ2v) is 2.94. The molecule has 2 nitrogen and oxygen atoms in total. The molecule has 0 amide bonds. The first-order chi connectivity index (χ1) is 6.31. The first-order valence-electron chi connectivity index (χ1n) is 4.90. The zero-order valence-corrected chi connectivity index (χ0v) is 8.42.